The second-order valence-electron chi connectivity index (χ2n) is 3.42. The van der Waals surface area contributed by atoms with Gasteiger partial charge < -0.3 is 24.4 Å². The fraction of sp³-hybridized carbons (Fsp3) is 0.417. The smallest absolute Gasteiger partial charge is 0.337 e. The van der Waals surface area contributed by atoms with Crippen molar-refractivity contribution in [2.45, 2.75) is 6.10 Å². The molecule has 0 aliphatic carbocycles. The van der Waals surface area contributed by atoms with Gasteiger partial charge in [0.05, 0.1) is 27.4 Å². The molecule has 100 valence electrons. The second-order valence-corrected chi connectivity index (χ2v) is 3.42. The maximum Gasteiger partial charge on any atom is 0.337 e. The molecule has 0 radical (unpaired) electrons. The average molecular weight is 256 g/mol. The van der Waals surface area contributed by atoms with Crippen molar-refractivity contribution in [2.24, 2.45) is 0 Å². The van der Waals surface area contributed by atoms with Crippen LogP contribution in [-0.4, -0.2) is 43.6 Å². The van der Waals surface area contributed by atoms with Crippen molar-refractivity contribution in [1.82, 2.24) is 0 Å². The molecule has 0 bridgehead atoms. The van der Waals surface area contributed by atoms with Crippen LogP contribution >= 0.6 is 0 Å². The Morgan fingerprint density at radius 3 is 2.56 bits per heavy atom. The lowest BCUT2D eigenvalue weighted by Gasteiger charge is -2.17. The van der Waals surface area contributed by atoms with Gasteiger partial charge in [0, 0.05) is 11.6 Å². The van der Waals surface area contributed by atoms with Gasteiger partial charge in [0.15, 0.2) is 6.10 Å². The van der Waals surface area contributed by atoms with Crippen LogP contribution in [0.2, 0.25) is 0 Å². The molecule has 18 heavy (non-hydrogen) atoms. The lowest BCUT2D eigenvalue weighted by Crippen LogP contribution is -2.18. The van der Waals surface area contributed by atoms with Crippen molar-refractivity contribution in [1.29, 1.82) is 0 Å². The van der Waals surface area contributed by atoms with Crippen molar-refractivity contribution in [3.8, 4) is 11.5 Å². The van der Waals surface area contributed by atoms with Gasteiger partial charge in [-0.05, 0) is 12.1 Å². The Bertz CT molecular complexity index is 404. The molecule has 1 rings (SSSR count). The largest absolute Gasteiger partial charge is 0.497 e. The third-order valence-electron chi connectivity index (χ3n) is 2.32. The Hall–Kier alpha value is -1.79. The van der Waals surface area contributed by atoms with Crippen LogP contribution in [0.4, 0.5) is 0 Å². The third-order valence-corrected chi connectivity index (χ3v) is 2.32. The van der Waals surface area contributed by atoms with Gasteiger partial charge in [-0.25, -0.2) is 4.79 Å². The lowest BCUT2D eigenvalue weighted by atomic mass is 10.1. The Kier molecular flexibility index (Phi) is 5.41. The molecule has 1 atom stereocenters. The standard InChI is InChI=1S/C12H16O6/c1-16-8-3-4-9(10(7-8)17-2)11(12(14)15)18-6-5-13/h3-4,7,11,13H,5-6H2,1-2H3,(H,14,15). The topological polar surface area (TPSA) is 85.2 Å². The van der Waals surface area contributed by atoms with Crippen molar-refractivity contribution < 1.29 is 29.2 Å². The van der Waals surface area contributed by atoms with E-state index in [1.54, 1.807) is 18.2 Å². The lowest BCUT2D eigenvalue weighted by molar-refractivity contribution is -0.151. The van der Waals surface area contributed by atoms with Gasteiger partial charge >= 0.3 is 5.97 Å². The van der Waals surface area contributed by atoms with E-state index in [1.165, 1.54) is 14.2 Å². The third kappa shape index (κ3) is 3.35. The molecule has 1 aromatic rings. The van der Waals surface area contributed by atoms with E-state index in [9.17, 15) is 4.79 Å². The Balaban J connectivity index is 3.06. The first kappa shape index (κ1) is 14.3. The van der Waals surface area contributed by atoms with E-state index in [1.807, 2.05) is 0 Å². The van der Waals surface area contributed by atoms with Crippen molar-refractivity contribution >= 4 is 5.97 Å². The van der Waals surface area contributed by atoms with Gasteiger partial charge in [-0.2, -0.15) is 0 Å². The second kappa shape index (κ2) is 6.83. The molecule has 1 unspecified atom stereocenters. The molecule has 0 aromatic heterocycles. The predicted octanol–water partition coefficient (Wildman–Crippen LogP) is 0.838. The van der Waals surface area contributed by atoms with Crippen LogP contribution in [0, 0.1) is 0 Å². The molecule has 0 fully saturated rings. The summed E-state index contributed by atoms with van der Waals surface area (Å²) in [6.45, 7) is -0.311. The van der Waals surface area contributed by atoms with Crippen molar-refractivity contribution in [2.75, 3.05) is 27.4 Å². The number of hydrogen-bond acceptors (Lipinski definition) is 5. The summed E-state index contributed by atoms with van der Waals surface area (Å²) in [6.07, 6.45) is -1.18. The van der Waals surface area contributed by atoms with E-state index in [-0.39, 0.29) is 13.2 Å². The zero-order chi connectivity index (χ0) is 13.5. The van der Waals surface area contributed by atoms with Crippen molar-refractivity contribution in [3.63, 3.8) is 0 Å². The van der Waals surface area contributed by atoms with E-state index in [4.69, 9.17) is 24.4 Å². The number of carbonyl (C=O) groups is 1. The predicted molar refractivity (Wildman–Crippen MR) is 63.0 cm³/mol. The maximum absolute atomic E-state index is 11.1. The van der Waals surface area contributed by atoms with E-state index in [0.29, 0.717) is 17.1 Å². The highest BCUT2D eigenvalue weighted by Gasteiger charge is 2.24. The highest BCUT2D eigenvalue weighted by molar-refractivity contribution is 5.75. The first-order valence-electron chi connectivity index (χ1n) is 5.31. The Labute approximate surface area is 105 Å². The van der Waals surface area contributed by atoms with E-state index >= 15 is 0 Å². The quantitative estimate of drug-likeness (QED) is 0.752. The molecule has 0 spiro atoms. The van der Waals surface area contributed by atoms with Gasteiger partial charge in [0.2, 0.25) is 0 Å². The number of aliphatic hydroxyl groups is 1. The van der Waals surface area contributed by atoms with Crippen LogP contribution in [0.15, 0.2) is 18.2 Å². The summed E-state index contributed by atoms with van der Waals surface area (Å²) in [5, 5.41) is 17.8. The Morgan fingerprint density at radius 1 is 1.33 bits per heavy atom. The van der Waals surface area contributed by atoms with Crippen LogP contribution in [0.1, 0.15) is 11.7 Å². The first-order chi connectivity index (χ1) is 8.63. The zero-order valence-corrected chi connectivity index (χ0v) is 10.3. The summed E-state index contributed by atoms with van der Waals surface area (Å²) in [6, 6.07) is 4.76. The SMILES string of the molecule is COc1ccc(C(OCCO)C(=O)O)c(OC)c1. The normalized spacial score (nSPS) is 11.9. The minimum absolute atomic E-state index is 0.0633. The highest BCUT2D eigenvalue weighted by Crippen LogP contribution is 2.31. The summed E-state index contributed by atoms with van der Waals surface area (Å²) in [5.74, 6) is -0.228. The number of ether oxygens (including phenoxy) is 3. The average Bonchev–Trinajstić information content (AvgIpc) is 2.38. The van der Waals surface area contributed by atoms with Crippen LogP contribution < -0.4 is 9.47 Å². The number of aliphatic hydroxyl groups excluding tert-OH is 1. The molecule has 2 N–H and O–H groups in total. The summed E-state index contributed by atoms with van der Waals surface area (Å²) in [7, 11) is 2.94. The van der Waals surface area contributed by atoms with E-state index in [2.05, 4.69) is 0 Å². The number of hydrogen-bond donors (Lipinski definition) is 2. The summed E-state index contributed by atoms with van der Waals surface area (Å²) >= 11 is 0. The van der Waals surface area contributed by atoms with Crippen LogP contribution in [0.25, 0.3) is 0 Å². The molecular weight excluding hydrogens is 240 g/mol. The fourth-order valence-electron chi connectivity index (χ4n) is 1.50. The van der Waals surface area contributed by atoms with Gasteiger partial charge in [0.25, 0.3) is 0 Å². The molecule has 6 nitrogen and oxygen atoms in total. The molecule has 0 aliphatic heterocycles. The van der Waals surface area contributed by atoms with Gasteiger partial charge in [-0.1, -0.05) is 0 Å². The zero-order valence-electron chi connectivity index (χ0n) is 10.3. The van der Waals surface area contributed by atoms with Crippen LogP contribution in [0.5, 0.6) is 11.5 Å². The van der Waals surface area contributed by atoms with Crippen LogP contribution in [0.3, 0.4) is 0 Å². The summed E-state index contributed by atoms with van der Waals surface area (Å²) < 4.78 is 15.2. The number of carboxylic acids is 1. The fourth-order valence-corrected chi connectivity index (χ4v) is 1.50. The molecular formula is C12H16O6. The van der Waals surface area contributed by atoms with Crippen molar-refractivity contribution in [3.05, 3.63) is 23.8 Å². The van der Waals surface area contributed by atoms with Crippen LogP contribution in [-0.2, 0) is 9.53 Å². The number of methoxy groups -OCH3 is 2. The molecule has 0 aliphatic rings. The Morgan fingerprint density at radius 2 is 2.06 bits per heavy atom. The monoisotopic (exact) mass is 256 g/mol. The van der Waals surface area contributed by atoms with Gasteiger partial charge in [-0.3, -0.25) is 0 Å². The molecule has 0 saturated carbocycles. The van der Waals surface area contributed by atoms with E-state index in [0.717, 1.165) is 0 Å². The maximum atomic E-state index is 11.1. The first-order valence-corrected chi connectivity index (χ1v) is 5.31. The number of benzene rings is 1. The van der Waals surface area contributed by atoms with Gasteiger partial charge in [-0.15, -0.1) is 0 Å². The molecule has 0 heterocycles. The number of rotatable bonds is 7. The number of carboxylic acid groups (broad SMARTS) is 1. The minimum Gasteiger partial charge on any atom is -0.497 e. The molecule has 1 aromatic carbocycles. The summed E-state index contributed by atoms with van der Waals surface area (Å²) in [5.41, 5.74) is 0.374. The van der Waals surface area contributed by atoms with E-state index < -0.39 is 12.1 Å². The number of aliphatic carboxylic acids is 1. The highest BCUT2D eigenvalue weighted by atomic mass is 16.5. The minimum atomic E-state index is -1.18. The summed E-state index contributed by atoms with van der Waals surface area (Å²) in [4.78, 5) is 11.1. The van der Waals surface area contributed by atoms with Gasteiger partial charge in [0.1, 0.15) is 11.5 Å². The molecule has 0 amide bonds. The molecule has 0 saturated heterocycles. The molecule has 6 heteroatoms.